The molecule has 1 aromatic carbocycles. The third-order valence-electron chi connectivity index (χ3n) is 3.95. The van der Waals surface area contributed by atoms with Crippen molar-refractivity contribution in [2.75, 3.05) is 7.11 Å². The van der Waals surface area contributed by atoms with Gasteiger partial charge in [-0.05, 0) is 41.7 Å². The minimum absolute atomic E-state index is 0.0776. The molecule has 0 heterocycles. The van der Waals surface area contributed by atoms with Crippen LogP contribution in [0, 0.1) is 5.41 Å². The van der Waals surface area contributed by atoms with E-state index in [1.165, 1.54) is 18.7 Å². The molecule has 1 aromatic rings. The highest BCUT2D eigenvalue weighted by Crippen LogP contribution is 2.48. The van der Waals surface area contributed by atoms with E-state index in [2.05, 4.69) is 0 Å². The van der Waals surface area contributed by atoms with E-state index in [0.29, 0.717) is 6.42 Å². The van der Waals surface area contributed by atoms with Gasteiger partial charge in [0, 0.05) is 0 Å². The summed E-state index contributed by atoms with van der Waals surface area (Å²) in [5, 5.41) is 0. The number of methoxy groups -OCH3 is 1. The fourth-order valence-corrected chi connectivity index (χ4v) is 2.96. The number of allylic oxidation sites excluding steroid dienone is 2. The first-order valence-corrected chi connectivity index (χ1v) is 6.29. The van der Waals surface area contributed by atoms with Gasteiger partial charge < -0.3 is 4.74 Å². The molecule has 3 nitrogen and oxygen atoms in total. The van der Waals surface area contributed by atoms with Gasteiger partial charge in [-0.1, -0.05) is 30.3 Å². The lowest BCUT2D eigenvalue weighted by Gasteiger charge is -2.37. The van der Waals surface area contributed by atoms with Crippen LogP contribution in [0.3, 0.4) is 0 Å². The van der Waals surface area contributed by atoms with Crippen LogP contribution < -0.4 is 0 Å². The summed E-state index contributed by atoms with van der Waals surface area (Å²) < 4.78 is 4.96. The van der Waals surface area contributed by atoms with E-state index in [4.69, 9.17) is 4.74 Å². The lowest BCUT2D eigenvalue weighted by Crippen LogP contribution is -2.37. The van der Waals surface area contributed by atoms with Crippen molar-refractivity contribution in [3.8, 4) is 0 Å². The van der Waals surface area contributed by atoms with Crippen LogP contribution in [0.25, 0.3) is 5.57 Å². The summed E-state index contributed by atoms with van der Waals surface area (Å²) in [6.07, 6.45) is 6.18. The molecule has 0 amide bonds. The molecule has 0 saturated heterocycles. The number of fused-ring (bicyclic) bond motifs is 3. The van der Waals surface area contributed by atoms with Crippen LogP contribution in [0.15, 0.2) is 42.5 Å². The predicted molar refractivity (Wildman–Crippen MR) is 71.3 cm³/mol. The first-order valence-electron chi connectivity index (χ1n) is 6.29. The normalized spacial score (nSPS) is 24.3. The second-order valence-electron chi connectivity index (χ2n) is 4.91. The molecule has 0 N–H and O–H groups in total. The van der Waals surface area contributed by atoms with Crippen molar-refractivity contribution in [1.29, 1.82) is 0 Å². The Morgan fingerprint density at radius 1 is 1.32 bits per heavy atom. The fourth-order valence-electron chi connectivity index (χ4n) is 2.96. The lowest BCUT2D eigenvalue weighted by atomic mass is 9.65. The molecule has 3 rings (SSSR count). The van der Waals surface area contributed by atoms with E-state index in [0.717, 1.165) is 17.6 Å². The van der Waals surface area contributed by atoms with E-state index >= 15 is 0 Å². The number of ketones is 1. The number of rotatable bonds is 1. The quantitative estimate of drug-likeness (QED) is 0.722. The summed E-state index contributed by atoms with van der Waals surface area (Å²) >= 11 is 0. The number of hydrogen-bond donors (Lipinski definition) is 0. The molecule has 2 aliphatic carbocycles. The van der Waals surface area contributed by atoms with Gasteiger partial charge in [0.2, 0.25) is 0 Å². The van der Waals surface area contributed by atoms with Gasteiger partial charge in [0.05, 0.1) is 7.11 Å². The Bertz CT molecular complexity index is 625. The second kappa shape index (κ2) is 4.19. The van der Waals surface area contributed by atoms with E-state index in [1.807, 2.05) is 24.3 Å². The summed E-state index contributed by atoms with van der Waals surface area (Å²) in [4.78, 5) is 23.9. The van der Waals surface area contributed by atoms with Crippen molar-refractivity contribution < 1.29 is 14.3 Å². The van der Waals surface area contributed by atoms with Crippen LogP contribution in [0.2, 0.25) is 0 Å². The third kappa shape index (κ3) is 1.65. The molecule has 0 spiro atoms. The van der Waals surface area contributed by atoms with Gasteiger partial charge in [0.1, 0.15) is 5.41 Å². The summed E-state index contributed by atoms with van der Waals surface area (Å²) in [7, 11) is 1.39. The van der Waals surface area contributed by atoms with Crippen molar-refractivity contribution in [3.05, 3.63) is 53.6 Å². The topological polar surface area (TPSA) is 43.4 Å². The van der Waals surface area contributed by atoms with Crippen LogP contribution in [0.4, 0.5) is 0 Å². The molecule has 1 atom stereocenters. The van der Waals surface area contributed by atoms with Crippen molar-refractivity contribution in [2.45, 2.75) is 12.8 Å². The van der Waals surface area contributed by atoms with Crippen molar-refractivity contribution >= 4 is 17.3 Å². The largest absolute Gasteiger partial charge is 0.468 e. The Kier molecular flexibility index (Phi) is 2.63. The van der Waals surface area contributed by atoms with E-state index < -0.39 is 5.41 Å². The van der Waals surface area contributed by atoms with E-state index in [1.54, 1.807) is 12.2 Å². The lowest BCUT2D eigenvalue weighted by molar-refractivity contribution is -0.147. The van der Waals surface area contributed by atoms with Crippen LogP contribution in [-0.2, 0) is 20.7 Å². The zero-order chi connectivity index (χ0) is 13.5. The van der Waals surface area contributed by atoms with Crippen LogP contribution in [0.5, 0.6) is 0 Å². The molecule has 96 valence electrons. The summed E-state index contributed by atoms with van der Waals surface area (Å²) in [6, 6.07) is 7.91. The molecule has 19 heavy (non-hydrogen) atoms. The summed E-state index contributed by atoms with van der Waals surface area (Å²) in [6.45, 7) is 0. The second-order valence-corrected chi connectivity index (χ2v) is 4.91. The average molecular weight is 254 g/mol. The molecular weight excluding hydrogens is 240 g/mol. The molecule has 3 heteroatoms. The molecule has 0 aliphatic heterocycles. The van der Waals surface area contributed by atoms with Gasteiger partial charge in [-0.25, -0.2) is 0 Å². The van der Waals surface area contributed by atoms with Gasteiger partial charge in [-0.15, -0.1) is 0 Å². The van der Waals surface area contributed by atoms with Gasteiger partial charge in [0.15, 0.2) is 5.78 Å². The zero-order valence-electron chi connectivity index (χ0n) is 10.7. The van der Waals surface area contributed by atoms with Crippen LogP contribution in [0.1, 0.15) is 17.5 Å². The minimum atomic E-state index is -0.795. The standard InChI is InChI=1S/C16H14O3/c1-19-15(18)16-8-6-11-4-2-3-5-13(11)14(16)10-12(17)7-9-16/h2-5,7,9-10H,6,8H2,1H3. The molecule has 0 aromatic heterocycles. The highest BCUT2D eigenvalue weighted by molar-refractivity contribution is 6.12. The van der Waals surface area contributed by atoms with Crippen LogP contribution in [-0.4, -0.2) is 18.9 Å². The van der Waals surface area contributed by atoms with E-state index in [9.17, 15) is 9.59 Å². The maximum atomic E-state index is 12.2. The SMILES string of the molecule is COC(=O)C12C=CC(=O)C=C1c1ccccc1CC2. The van der Waals surface area contributed by atoms with Gasteiger partial charge >= 0.3 is 5.97 Å². The van der Waals surface area contributed by atoms with Crippen molar-refractivity contribution in [2.24, 2.45) is 5.41 Å². The molecule has 0 saturated carbocycles. The Morgan fingerprint density at radius 3 is 2.89 bits per heavy atom. The molecular formula is C16H14O3. The number of aryl methyl sites for hydroxylation is 1. The molecule has 0 radical (unpaired) electrons. The predicted octanol–water partition coefficient (Wildman–Crippen LogP) is 2.31. The molecule has 0 bridgehead atoms. The number of benzene rings is 1. The monoisotopic (exact) mass is 254 g/mol. The zero-order valence-corrected chi connectivity index (χ0v) is 10.7. The number of ether oxygens (including phenoxy) is 1. The molecule has 1 unspecified atom stereocenters. The first-order chi connectivity index (χ1) is 9.17. The number of carbonyl (C=O) groups is 2. The maximum absolute atomic E-state index is 12.2. The molecule has 2 aliphatic rings. The number of hydrogen-bond acceptors (Lipinski definition) is 3. The van der Waals surface area contributed by atoms with Gasteiger partial charge in [-0.2, -0.15) is 0 Å². The molecule has 0 fully saturated rings. The Morgan fingerprint density at radius 2 is 2.11 bits per heavy atom. The smallest absolute Gasteiger partial charge is 0.320 e. The van der Waals surface area contributed by atoms with Crippen molar-refractivity contribution in [3.63, 3.8) is 0 Å². The van der Waals surface area contributed by atoms with Crippen molar-refractivity contribution in [1.82, 2.24) is 0 Å². The van der Waals surface area contributed by atoms with Crippen LogP contribution >= 0.6 is 0 Å². The van der Waals surface area contributed by atoms with Gasteiger partial charge in [-0.3, -0.25) is 9.59 Å². The Balaban J connectivity index is 2.22. The number of esters is 1. The van der Waals surface area contributed by atoms with Gasteiger partial charge in [0.25, 0.3) is 0 Å². The first kappa shape index (κ1) is 11.9. The highest BCUT2D eigenvalue weighted by atomic mass is 16.5. The Labute approximate surface area is 111 Å². The third-order valence-corrected chi connectivity index (χ3v) is 3.95. The average Bonchev–Trinajstić information content (AvgIpc) is 2.46. The number of carbonyl (C=O) groups excluding carboxylic acids is 2. The summed E-state index contributed by atoms with van der Waals surface area (Å²) in [5.41, 5.74) is 2.14. The summed E-state index contributed by atoms with van der Waals surface area (Å²) in [5.74, 6) is -0.372. The minimum Gasteiger partial charge on any atom is -0.468 e. The van der Waals surface area contributed by atoms with E-state index in [-0.39, 0.29) is 11.8 Å². The highest BCUT2D eigenvalue weighted by Gasteiger charge is 2.45. The maximum Gasteiger partial charge on any atom is 0.320 e. The fraction of sp³-hybridized carbons (Fsp3) is 0.250. The Hall–Kier alpha value is -2.16.